The molecule has 84 valence electrons. The average Bonchev–Trinajstić information content (AvgIpc) is 2.67. The van der Waals surface area contributed by atoms with Crippen LogP contribution in [0.15, 0.2) is 24.5 Å². The van der Waals surface area contributed by atoms with Crippen molar-refractivity contribution in [2.45, 2.75) is 20.3 Å². The summed E-state index contributed by atoms with van der Waals surface area (Å²) in [7, 11) is 0. The minimum Gasteiger partial charge on any atom is -0.330 e. The second kappa shape index (κ2) is 4.45. The highest BCUT2D eigenvalue weighted by atomic mass is 15.3. The standard InChI is InChI=1S/C12H16N4/c1-9-4-3-5-10(2)12(9)16-8-14-15-11(16)6-7-13/h3-5,8H,6-7,13H2,1-2H3. The van der Waals surface area contributed by atoms with Gasteiger partial charge in [0.05, 0.1) is 5.69 Å². The van der Waals surface area contributed by atoms with Gasteiger partial charge in [-0.25, -0.2) is 0 Å². The van der Waals surface area contributed by atoms with Crippen LogP contribution >= 0.6 is 0 Å². The van der Waals surface area contributed by atoms with Crippen LogP contribution in [-0.4, -0.2) is 21.3 Å². The number of nitrogens with zero attached hydrogens (tertiary/aromatic N) is 3. The predicted molar refractivity (Wildman–Crippen MR) is 63.6 cm³/mol. The van der Waals surface area contributed by atoms with Gasteiger partial charge in [-0.3, -0.25) is 4.57 Å². The van der Waals surface area contributed by atoms with Crippen LogP contribution in [0.3, 0.4) is 0 Å². The van der Waals surface area contributed by atoms with Gasteiger partial charge >= 0.3 is 0 Å². The molecule has 0 fully saturated rings. The third-order valence-electron chi connectivity index (χ3n) is 2.67. The van der Waals surface area contributed by atoms with Crippen LogP contribution < -0.4 is 5.73 Å². The molecule has 0 saturated heterocycles. The molecule has 0 amide bonds. The van der Waals surface area contributed by atoms with Gasteiger partial charge in [0.15, 0.2) is 0 Å². The first-order valence-electron chi connectivity index (χ1n) is 5.39. The summed E-state index contributed by atoms with van der Waals surface area (Å²) in [6.45, 7) is 4.77. The Bertz CT molecular complexity index is 467. The summed E-state index contributed by atoms with van der Waals surface area (Å²) in [4.78, 5) is 0. The minimum atomic E-state index is 0.587. The van der Waals surface area contributed by atoms with Gasteiger partial charge in [-0.15, -0.1) is 10.2 Å². The molecule has 16 heavy (non-hydrogen) atoms. The maximum absolute atomic E-state index is 5.56. The van der Waals surface area contributed by atoms with Gasteiger partial charge in [-0.2, -0.15) is 0 Å². The normalized spacial score (nSPS) is 10.7. The van der Waals surface area contributed by atoms with Gasteiger partial charge in [0, 0.05) is 6.42 Å². The number of hydrogen-bond acceptors (Lipinski definition) is 3. The second-order valence-electron chi connectivity index (χ2n) is 3.90. The van der Waals surface area contributed by atoms with E-state index in [0.717, 1.165) is 17.9 Å². The minimum absolute atomic E-state index is 0.587. The van der Waals surface area contributed by atoms with Gasteiger partial charge in [0.2, 0.25) is 0 Å². The highest BCUT2D eigenvalue weighted by molar-refractivity contribution is 5.47. The van der Waals surface area contributed by atoms with E-state index in [1.54, 1.807) is 6.33 Å². The van der Waals surface area contributed by atoms with E-state index in [1.165, 1.54) is 11.1 Å². The van der Waals surface area contributed by atoms with Crippen molar-refractivity contribution in [2.24, 2.45) is 5.73 Å². The number of benzene rings is 1. The first-order valence-corrected chi connectivity index (χ1v) is 5.39. The third kappa shape index (κ3) is 1.84. The quantitative estimate of drug-likeness (QED) is 0.843. The van der Waals surface area contributed by atoms with E-state index in [4.69, 9.17) is 5.73 Å². The first-order chi connectivity index (χ1) is 7.74. The van der Waals surface area contributed by atoms with E-state index in [1.807, 2.05) is 4.57 Å². The number of aromatic nitrogens is 3. The zero-order chi connectivity index (χ0) is 11.5. The number of para-hydroxylation sites is 1. The van der Waals surface area contributed by atoms with E-state index in [-0.39, 0.29) is 0 Å². The van der Waals surface area contributed by atoms with Crippen LogP contribution in [0.2, 0.25) is 0 Å². The lowest BCUT2D eigenvalue weighted by Crippen LogP contribution is -2.10. The Hall–Kier alpha value is -1.68. The lowest BCUT2D eigenvalue weighted by Gasteiger charge is -2.12. The lowest BCUT2D eigenvalue weighted by atomic mass is 10.1. The molecule has 1 aromatic carbocycles. The van der Waals surface area contributed by atoms with Gasteiger partial charge in [0.1, 0.15) is 12.2 Å². The molecule has 2 rings (SSSR count). The van der Waals surface area contributed by atoms with Crippen molar-refractivity contribution in [1.82, 2.24) is 14.8 Å². The number of rotatable bonds is 3. The molecule has 0 radical (unpaired) electrons. The third-order valence-corrected chi connectivity index (χ3v) is 2.67. The molecule has 4 nitrogen and oxygen atoms in total. The monoisotopic (exact) mass is 216 g/mol. The molecule has 1 heterocycles. The largest absolute Gasteiger partial charge is 0.330 e. The summed E-state index contributed by atoms with van der Waals surface area (Å²) in [5.41, 5.74) is 9.17. The smallest absolute Gasteiger partial charge is 0.138 e. The van der Waals surface area contributed by atoms with Crippen LogP contribution in [0, 0.1) is 13.8 Å². The Morgan fingerprint density at radius 1 is 1.25 bits per heavy atom. The van der Waals surface area contributed by atoms with Gasteiger partial charge in [-0.1, -0.05) is 18.2 Å². The Balaban J connectivity index is 2.54. The fourth-order valence-electron chi connectivity index (χ4n) is 1.93. The zero-order valence-corrected chi connectivity index (χ0v) is 9.64. The molecule has 0 unspecified atom stereocenters. The average molecular weight is 216 g/mol. The van der Waals surface area contributed by atoms with Crippen LogP contribution in [0.4, 0.5) is 0 Å². The molecule has 1 aromatic heterocycles. The molecule has 2 N–H and O–H groups in total. The van der Waals surface area contributed by atoms with Gasteiger partial charge < -0.3 is 5.73 Å². The predicted octanol–water partition coefficient (Wildman–Crippen LogP) is 1.39. The molecule has 0 saturated carbocycles. The molecular weight excluding hydrogens is 200 g/mol. The highest BCUT2D eigenvalue weighted by Gasteiger charge is 2.09. The van der Waals surface area contributed by atoms with Crippen molar-refractivity contribution in [3.05, 3.63) is 41.5 Å². The van der Waals surface area contributed by atoms with Gasteiger partial charge in [0.25, 0.3) is 0 Å². The maximum Gasteiger partial charge on any atom is 0.138 e. The van der Waals surface area contributed by atoms with Crippen molar-refractivity contribution in [3.8, 4) is 5.69 Å². The van der Waals surface area contributed by atoms with Crippen LogP contribution in [0.25, 0.3) is 5.69 Å². The molecule has 0 aliphatic carbocycles. The van der Waals surface area contributed by atoms with Crippen LogP contribution in [0.5, 0.6) is 0 Å². The zero-order valence-electron chi connectivity index (χ0n) is 9.64. The maximum atomic E-state index is 5.56. The Morgan fingerprint density at radius 3 is 2.56 bits per heavy atom. The Labute approximate surface area is 95.1 Å². The molecule has 0 atom stereocenters. The summed E-state index contributed by atoms with van der Waals surface area (Å²) in [5, 5.41) is 8.05. The summed E-state index contributed by atoms with van der Waals surface area (Å²) in [6, 6.07) is 6.24. The molecular formula is C12H16N4. The number of nitrogens with two attached hydrogens (primary N) is 1. The fourth-order valence-corrected chi connectivity index (χ4v) is 1.93. The van der Waals surface area contributed by atoms with E-state index < -0.39 is 0 Å². The van der Waals surface area contributed by atoms with Crippen molar-refractivity contribution >= 4 is 0 Å². The van der Waals surface area contributed by atoms with E-state index in [0.29, 0.717) is 6.54 Å². The summed E-state index contributed by atoms with van der Waals surface area (Å²) >= 11 is 0. The molecule has 0 aliphatic heterocycles. The fraction of sp³-hybridized carbons (Fsp3) is 0.333. The van der Waals surface area contributed by atoms with E-state index >= 15 is 0 Å². The van der Waals surface area contributed by atoms with Crippen molar-refractivity contribution in [1.29, 1.82) is 0 Å². The lowest BCUT2D eigenvalue weighted by molar-refractivity contribution is 0.825. The molecule has 0 spiro atoms. The summed E-state index contributed by atoms with van der Waals surface area (Å²) in [5.74, 6) is 0.917. The SMILES string of the molecule is Cc1cccc(C)c1-n1cnnc1CCN. The second-order valence-corrected chi connectivity index (χ2v) is 3.90. The molecule has 0 aliphatic rings. The van der Waals surface area contributed by atoms with Crippen LogP contribution in [-0.2, 0) is 6.42 Å². The van der Waals surface area contributed by atoms with Crippen molar-refractivity contribution in [2.75, 3.05) is 6.54 Å². The Morgan fingerprint density at radius 2 is 1.94 bits per heavy atom. The summed E-state index contributed by atoms with van der Waals surface area (Å²) < 4.78 is 2.03. The molecule has 2 aromatic rings. The topological polar surface area (TPSA) is 56.7 Å². The highest BCUT2D eigenvalue weighted by Crippen LogP contribution is 2.19. The molecule has 4 heteroatoms. The van der Waals surface area contributed by atoms with Gasteiger partial charge in [-0.05, 0) is 31.5 Å². The van der Waals surface area contributed by atoms with E-state index in [2.05, 4.69) is 42.2 Å². The molecule has 0 bridgehead atoms. The number of hydrogen-bond donors (Lipinski definition) is 1. The van der Waals surface area contributed by atoms with E-state index in [9.17, 15) is 0 Å². The first kappa shape index (κ1) is 10.8. The Kier molecular flexibility index (Phi) is 3.01. The van der Waals surface area contributed by atoms with Crippen molar-refractivity contribution < 1.29 is 0 Å². The van der Waals surface area contributed by atoms with Crippen molar-refractivity contribution in [3.63, 3.8) is 0 Å². The van der Waals surface area contributed by atoms with Crippen LogP contribution in [0.1, 0.15) is 17.0 Å². The summed E-state index contributed by atoms with van der Waals surface area (Å²) in [6.07, 6.45) is 2.49. The number of aryl methyl sites for hydroxylation is 2.